The molecule has 0 unspecified atom stereocenters. The summed E-state index contributed by atoms with van der Waals surface area (Å²) in [5, 5.41) is 5.50. The third kappa shape index (κ3) is 6.01. The fourth-order valence-electron chi connectivity index (χ4n) is 5.01. The van der Waals surface area contributed by atoms with E-state index in [1.54, 1.807) is 36.5 Å². The largest absolute Gasteiger partial charge is 0.483 e. The topological polar surface area (TPSA) is 84.7 Å². The van der Waals surface area contributed by atoms with Gasteiger partial charge in [0, 0.05) is 36.2 Å². The van der Waals surface area contributed by atoms with Crippen molar-refractivity contribution in [1.29, 1.82) is 0 Å². The maximum atomic E-state index is 13.6. The molecule has 1 aliphatic heterocycles. The molecular formula is C27H30Cl2N4O4S. The monoisotopic (exact) mass is 576 g/mol. The molecule has 2 fully saturated rings. The van der Waals surface area contributed by atoms with E-state index in [-0.39, 0.29) is 23.2 Å². The van der Waals surface area contributed by atoms with Crippen molar-refractivity contribution in [2.45, 2.75) is 38.2 Å². The van der Waals surface area contributed by atoms with Gasteiger partial charge in [0.15, 0.2) is 0 Å². The van der Waals surface area contributed by atoms with E-state index in [9.17, 15) is 13.2 Å². The van der Waals surface area contributed by atoms with Crippen molar-refractivity contribution < 1.29 is 13.2 Å². The summed E-state index contributed by atoms with van der Waals surface area (Å²) in [5.41, 5.74) is 1.61. The van der Waals surface area contributed by atoms with E-state index >= 15 is 0 Å². The predicted molar refractivity (Wildman–Crippen MR) is 150 cm³/mol. The lowest BCUT2D eigenvalue weighted by Gasteiger charge is -2.36. The highest BCUT2D eigenvalue weighted by atomic mass is 35.5. The Labute approximate surface area is 232 Å². The zero-order valence-electron chi connectivity index (χ0n) is 20.9. The normalized spacial score (nSPS) is 17.2. The number of piperazine rings is 1. The van der Waals surface area contributed by atoms with Crippen LogP contribution in [0.3, 0.4) is 0 Å². The summed E-state index contributed by atoms with van der Waals surface area (Å²) >= 11 is 12.4. The number of nitrogens with zero attached hydrogens (tertiary/aromatic N) is 4. The fourth-order valence-corrected chi connectivity index (χ4v) is 6.88. The third-order valence-electron chi connectivity index (χ3n) is 7.11. The average molecular weight is 578 g/mol. The van der Waals surface area contributed by atoms with Crippen molar-refractivity contribution in [2.24, 2.45) is 0 Å². The molecule has 11 heteroatoms. The molecule has 2 aromatic carbocycles. The van der Waals surface area contributed by atoms with Crippen LogP contribution in [0.4, 0.5) is 5.69 Å². The van der Waals surface area contributed by atoms with E-state index < -0.39 is 10.0 Å². The van der Waals surface area contributed by atoms with Crippen molar-refractivity contribution in [3.63, 3.8) is 0 Å². The van der Waals surface area contributed by atoms with E-state index in [0.717, 1.165) is 31.2 Å². The molecule has 38 heavy (non-hydrogen) atoms. The van der Waals surface area contributed by atoms with Gasteiger partial charge < -0.3 is 9.64 Å². The Morgan fingerprint density at radius 2 is 1.71 bits per heavy atom. The maximum absolute atomic E-state index is 13.6. The maximum Gasteiger partial charge on any atom is 0.316 e. The van der Waals surface area contributed by atoms with Gasteiger partial charge in [0.2, 0.25) is 15.8 Å². The zero-order chi connectivity index (χ0) is 26.7. The predicted octanol–water partition coefficient (Wildman–Crippen LogP) is 4.56. The Morgan fingerprint density at radius 3 is 2.42 bits per heavy atom. The number of hydrogen-bond acceptors (Lipinski definition) is 6. The van der Waals surface area contributed by atoms with Gasteiger partial charge in [0.25, 0.3) is 0 Å². The average Bonchev–Trinajstić information content (AvgIpc) is 3.43. The van der Waals surface area contributed by atoms with Gasteiger partial charge in [-0.25, -0.2) is 8.42 Å². The highest BCUT2D eigenvalue weighted by molar-refractivity contribution is 7.89. The first-order valence-electron chi connectivity index (χ1n) is 12.8. The minimum Gasteiger partial charge on any atom is -0.483 e. The van der Waals surface area contributed by atoms with Crippen molar-refractivity contribution in [3.05, 3.63) is 80.7 Å². The third-order valence-corrected chi connectivity index (χ3v) is 9.59. The summed E-state index contributed by atoms with van der Waals surface area (Å²) in [6.45, 7) is 1.47. The van der Waals surface area contributed by atoms with Crippen LogP contribution in [-0.2, 0) is 16.4 Å². The number of benzene rings is 2. The number of sulfonamides is 1. The summed E-state index contributed by atoms with van der Waals surface area (Å²) in [7, 11) is -3.46. The molecule has 1 aliphatic carbocycles. The minimum atomic E-state index is -3.46. The van der Waals surface area contributed by atoms with Crippen LogP contribution < -0.4 is 15.2 Å². The molecule has 202 valence electrons. The Hall–Kier alpha value is -2.59. The van der Waals surface area contributed by atoms with Gasteiger partial charge in [-0.2, -0.15) is 14.1 Å². The first kappa shape index (κ1) is 27.0. The molecule has 1 saturated heterocycles. The first-order valence-corrected chi connectivity index (χ1v) is 15.2. The van der Waals surface area contributed by atoms with Gasteiger partial charge in [0.1, 0.15) is 5.69 Å². The highest BCUT2D eigenvalue weighted by Crippen LogP contribution is 2.30. The SMILES string of the molecule is O=c1c(OC2CCCC2)c(N2CCN(S(=O)(=O)CCc3ccccc3Cl)CC2)cnn1-c1cccc(Cl)c1. The van der Waals surface area contributed by atoms with Crippen LogP contribution in [0.5, 0.6) is 5.75 Å². The molecule has 0 N–H and O–H groups in total. The summed E-state index contributed by atoms with van der Waals surface area (Å²) in [6.07, 6.45) is 5.90. The van der Waals surface area contributed by atoms with Gasteiger partial charge in [0.05, 0.1) is 23.7 Å². The Bertz CT molecular complexity index is 1450. The summed E-state index contributed by atoms with van der Waals surface area (Å²) in [6, 6.07) is 14.2. The van der Waals surface area contributed by atoms with Crippen LogP contribution >= 0.6 is 23.2 Å². The number of hydrogen-bond donors (Lipinski definition) is 0. The van der Waals surface area contributed by atoms with E-state index in [4.69, 9.17) is 27.9 Å². The minimum absolute atomic E-state index is 0.00991. The van der Waals surface area contributed by atoms with Crippen molar-refractivity contribution >= 4 is 38.9 Å². The Kier molecular flexibility index (Phi) is 8.28. The van der Waals surface area contributed by atoms with E-state index in [1.807, 2.05) is 23.1 Å². The number of ether oxygens (including phenoxy) is 1. The quantitative estimate of drug-likeness (QED) is 0.391. The second kappa shape index (κ2) is 11.7. The smallest absolute Gasteiger partial charge is 0.316 e. The molecule has 0 atom stereocenters. The van der Waals surface area contributed by atoms with Crippen LogP contribution in [0.2, 0.25) is 10.0 Å². The van der Waals surface area contributed by atoms with E-state index in [0.29, 0.717) is 54.0 Å². The molecule has 2 aliphatic rings. The molecule has 8 nitrogen and oxygen atoms in total. The van der Waals surface area contributed by atoms with Crippen LogP contribution in [0.1, 0.15) is 31.2 Å². The molecule has 0 spiro atoms. The number of anilines is 1. The first-order chi connectivity index (χ1) is 18.3. The van der Waals surface area contributed by atoms with E-state index in [2.05, 4.69) is 5.10 Å². The molecule has 0 radical (unpaired) electrons. The Balaban J connectivity index is 1.34. The number of aromatic nitrogens is 2. The molecule has 1 saturated carbocycles. The zero-order valence-corrected chi connectivity index (χ0v) is 23.3. The molecular weight excluding hydrogens is 547 g/mol. The van der Waals surface area contributed by atoms with Gasteiger partial charge in [-0.3, -0.25) is 4.79 Å². The van der Waals surface area contributed by atoms with Crippen LogP contribution in [0.25, 0.3) is 5.69 Å². The molecule has 1 aromatic heterocycles. The summed E-state index contributed by atoms with van der Waals surface area (Å²) in [4.78, 5) is 15.6. The molecule has 5 rings (SSSR count). The van der Waals surface area contributed by atoms with Crippen molar-refractivity contribution in [3.8, 4) is 11.4 Å². The van der Waals surface area contributed by atoms with Crippen LogP contribution in [0, 0.1) is 0 Å². The lowest BCUT2D eigenvalue weighted by Crippen LogP contribution is -2.50. The van der Waals surface area contributed by atoms with Gasteiger partial charge in [-0.15, -0.1) is 0 Å². The molecule has 0 amide bonds. The van der Waals surface area contributed by atoms with Gasteiger partial charge in [-0.05, 0) is 61.9 Å². The summed E-state index contributed by atoms with van der Waals surface area (Å²) in [5.74, 6) is 0.242. The number of aryl methyl sites for hydroxylation is 1. The fraction of sp³-hybridized carbons (Fsp3) is 0.407. The standard InChI is InChI=1S/C27H30Cl2N4O4S/c28-21-7-5-8-22(18-21)33-27(34)26(37-23-9-2-3-10-23)25(19-30-33)31-13-15-32(16-14-31)38(35,36)17-12-20-6-1-4-11-24(20)29/h1,4-8,11,18-19,23H,2-3,9-10,12-17H2. The second-order valence-corrected chi connectivity index (χ2v) is 12.6. The lowest BCUT2D eigenvalue weighted by molar-refractivity contribution is 0.205. The number of rotatable bonds is 8. The summed E-state index contributed by atoms with van der Waals surface area (Å²) < 4.78 is 35.2. The van der Waals surface area contributed by atoms with Crippen LogP contribution in [0.15, 0.2) is 59.5 Å². The molecule has 0 bridgehead atoms. The van der Waals surface area contributed by atoms with Crippen LogP contribution in [-0.4, -0.2) is 60.5 Å². The number of halogens is 2. The lowest BCUT2D eigenvalue weighted by atomic mass is 10.2. The highest BCUT2D eigenvalue weighted by Gasteiger charge is 2.30. The van der Waals surface area contributed by atoms with Gasteiger partial charge in [-0.1, -0.05) is 47.5 Å². The van der Waals surface area contributed by atoms with Crippen molar-refractivity contribution in [1.82, 2.24) is 14.1 Å². The second-order valence-electron chi connectivity index (χ2n) is 9.62. The molecule has 3 aromatic rings. The van der Waals surface area contributed by atoms with Gasteiger partial charge >= 0.3 is 5.56 Å². The molecule has 2 heterocycles. The Morgan fingerprint density at radius 1 is 0.974 bits per heavy atom. The van der Waals surface area contributed by atoms with Crippen molar-refractivity contribution in [2.75, 3.05) is 36.8 Å². The van der Waals surface area contributed by atoms with E-state index in [1.165, 1.54) is 8.99 Å².